The Morgan fingerprint density at radius 2 is 1.84 bits per heavy atom. The lowest BCUT2D eigenvalue weighted by Crippen LogP contribution is -2.17. The van der Waals surface area contributed by atoms with Gasteiger partial charge in [-0.05, 0) is 29.8 Å². The number of aliphatic hydroxyl groups is 1. The summed E-state index contributed by atoms with van der Waals surface area (Å²) in [5.74, 6) is 1.55. The summed E-state index contributed by atoms with van der Waals surface area (Å²) in [4.78, 5) is 33.9. The highest BCUT2D eigenvalue weighted by Gasteiger charge is 2.22. The third kappa shape index (κ3) is 4.63. The fourth-order valence-electron chi connectivity index (χ4n) is 4.03. The summed E-state index contributed by atoms with van der Waals surface area (Å²) in [5, 5.41) is 23.3. The first-order chi connectivity index (χ1) is 18.7. The second-order valence-corrected chi connectivity index (χ2v) is 8.40. The molecule has 1 atom stereocenters. The molecular formula is C26H21N9O3. The van der Waals surface area contributed by atoms with Gasteiger partial charge in [-0.25, -0.2) is 9.97 Å². The van der Waals surface area contributed by atoms with E-state index in [2.05, 4.69) is 46.0 Å². The number of aliphatic hydroxyl groups excluding tert-OH is 1. The number of nitrogens with zero attached hydrogens (tertiary/aromatic N) is 6. The standard InChI is InChI=1S/C26H21N9O3/c36-14-20(15-4-2-1-3-5-15)31-23-18(25-33-22(35-38-25)16-8-10-27-11-9-16)12-29-26(34-23)32-21-7-6-17-19(30-21)13-28-24(17)37/h1-12,20,36H,13-14H2,(H,28,37)(H2,29,30,31,32,34)/t20-/m1/s1. The lowest BCUT2D eigenvalue weighted by molar-refractivity contribution is 0.0965. The number of rotatable bonds is 8. The molecule has 6 rings (SSSR count). The first-order valence-electron chi connectivity index (χ1n) is 11.8. The monoisotopic (exact) mass is 507 g/mol. The lowest BCUT2D eigenvalue weighted by Gasteiger charge is -2.19. The van der Waals surface area contributed by atoms with Crippen LogP contribution >= 0.6 is 0 Å². The molecule has 4 aromatic heterocycles. The van der Waals surface area contributed by atoms with E-state index in [4.69, 9.17) is 4.52 Å². The zero-order chi connectivity index (χ0) is 25.9. The number of hydrogen-bond acceptors (Lipinski definition) is 11. The van der Waals surface area contributed by atoms with Crippen molar-refractivity contribution in [2.75, 3.05) is 17.2 Å². The SMILES string of the molecule is O=C1NCc2nc(Nc3ncc(-c4nc(-c5ccncc5)no4)c(N[C@H](CO)c4ccccc4)n3)ccc21. The molecule has 0 saturated heterocycles. The van der Waals surface area contributed by atoms with Crippen LogP contribution in [0.4, 0.5) is 17.6 Å². The molecule has 5 aromatic rings. The van der Waals surface area contributed by atoms with Crippen molar-refractivity contribution in [3.63, 3.8) is 0 Å². The predicted octanol–water partition coefficient (Wildman–Crippen LogP) is 3.12. The molecule has 12 nitrogen and oxygen atoms in total. The van der Waals surface area contributed by atoms with Crippen molar-refractivity contribution in [1.82, 2.24) is 35.4 Å². The number of carbonyl (C=O) groups excluding carboxylic acids is 1. The minimum atomic E-state index is -0.463. The van der Waals surface area contributed by atoms with Gasteiger partial charge in [0, 0.05) is 24.2 Å². The van der Waals surface area contributed by atoms with Gasteiger partial charge in [0.25, 0.3) is 11.8 Å². The van der Waals surface area contributed by atoms with Crippen LogP contribution in [0.5, 0.6) is 0 Å². The molecule has 1 aromatic carbocycles. The van der Waals surface area contributed by atoms with Crippen LogP contribution in [-0.4, -0.2) is 47.7 Å². The minimum absolute atomic E-state index is 0.146. The smallest absolute Gasteiger partial charge is 0.263 e. The van der Waals surface area contributed by atoms with E-state index in [-0.39, 0.29) is 24.4 Å². The number of benzene rings is 1. The largest absolute Gasteiger partial charge is 0.394 e. The van der Waals surface area contributed by atoms with E-state index in [1.807, 2.05) is 30.3 Å². The zero-order valence-electron chi connectivity index (χ0n) is 19.9. The van der Waals surface area contributed by atoms with Crippen LogP contribution in [0.2, 0.25) is 0 Å². The molecule has 0 saturated carbocycles. The summed E-state index contributed by atoms with van der Waals surface area (Å²) in [5.41, 5.74) is 3.26. The lowest BCUT2D eigenvalue weighted by atomic mass is 10.1. The molecule has 0 spiro atoms. The van der Waals surface area contributed by atoms with Gasteiger partial charge in [0.1, 0.15) is 17.2 Å². The molecule has 38 heavy (non-hydrogen) atoms. The van der Waals surface area contributed by atoms with Gasteiger partial charge < -0.3 is 25.6 Å². The number of carbonyl (C=O) groups is 1. The molecule has 12 heteroatoms. The number of anilines is 3. The van der Waals surface area contributed by atoms with Gasteiger partial charge in [0.15, 0.2) is 0 Å². The molecule has 1 amide bonds. The van der Waals surface area contributed by atoms with E-state index in [0.717, 1.165) is 11.1 Å². The third-order valence-electron chi connectivity index (χ3n) is 5.95. The average Bonchev–Trinajstić information content (AvgIpc) is 3.60. The molecule has 0 aliphatic carbocycles. The predicted molar refractivity (Wildman–Crippen MR) is 137 cm³/mol. The number of amides is 1. The first kappa shape index (κ1) is 23.2. The van der Waals surface area contributed by atoms with Gasteiger partial charge in [0.05, 0.1) is 30.5 Å². The highest BCUT2D eigenvalue weighted by atomic mass is 16.5. The Labute approximate surface area is 216 Å². The van der Waals surface area contributed by atoms with E-state index in [9.17, 15) is 9.90 Å². The van der Waals surface area contributed by atoms with Crippen LogP contribution in [0.25, 0.3) is 22.8 Å². The van der Waals surface area contributed by atoms with Gasteiger partial charge in [-0.2, -0.15) is 9.97 Å². The maximum atomic E-state index is 11.8. The average molecular weight is 508 g/mol. The summed E-state index contributed by atoms with van der Waals surface area (Å²) in [6.07, 6.45) is 4.85. The van der Waals surface area contributed by atoms with Gasteiger partial charge in [-0.1, -0.05) is 35.5 Å². The van der Waals surface area contributed by atoms with Crippen molar-refractivity contribution >= 4 is 23.5 Å². The Kier molecular flexibility index (Phi) is 6.12. The van der Waals surface area contributed by atoms with Crippen LogP contribution in [-0.2, 0) is 6.54 Å². The molecular weight excluding hydrogens is 486 g/mol. The topological polar surface area (TPSA) is 164 Å². The fourth-order valence-corrected chi connectivity index (χ4v) is 4.03. The van der Waals surface area contributed by atoms with E-state index in [1.165, 1.54) is 0 Å². The molecule has 1 aliphatic rings. The van der Waals surface area contributed by atoms with Crippen molar-refractivity contribution in [3.05, 3.63) is 90.0 Å². The highest BCUT2D eigenvalue weighted by molar-refractivity contribution is 5.97. The molecule has 5 heterocycles. The first-order valence-corrected chi connectivity index (χ1v) is 11.8. The fraction of sp³-hybridized carbons (Fsp3) is 0.115. The molecule has 0 fully saturated rings. The number of fused-ring (bicyclic) bond motifs is 1. The normalized spacial score (nSPS) is 13.0. The van der Waals surface area contributed by atoms with Gasteiger partial charge in [0.2, 0.25) is 11.8 Å². The molecule has 0 bridgehead atoms. The summed E-state index contributed by atoms with van der Waals surface area (Å²) in [7, 11) is 0. The molecule has 1 aliphatic heterocycles. The van der Waals surface area contributed by atoms with Gasteiger partial charge in [-0.15, -0.1) is 0 Å². The van der Waals surface area contributed by atoms with E-state index in [1.54, 1.807) is 42.9 Å². The van der Waals surface area contributed by atoms with Crippen LogP contribution < -0.4 is 16.0 Å². The van der Waals surface area contributed by atoms with E-state index < -0.39 is 6.04 Å². The Morgan fingerprint density at radius 1 is 1.00 bits per heavy atom. The highest BCUT2D eigenvalue weighted by Crippen LogP contribution is 2.31. The molecule has 4 N–H and O–H groups in total. The van der Waals surface area contributed by atoms with Crippen LogP contribution in [0, 0.1) is 0 Å². The number of aromatic nitrogens is 6. The maximum Gasteiger partial charge on any atom is 0.263 e. The Bertz CT molecular complexity index is 1590. The van der Waals surface area contributed by atoms with Crippen LogP contribution in [0.3, 0.4) is 0 Å². The summed E-state index contributed by atoms with van der Waals surface area (Å²) in [6.45, 7) is 0.179. The van der Waals surface area contributed by atoms with Crippen molar-refractivity contribution < 1.29 is 14.4 Å². The van der Waals surface area contributed by atoms with Crippen LogP contribution in [0.1, 0.15) is 27.7 Å². The van der Waals surface area contributed by atoms with Crippen molar-refractivity contribution in [1.29, 1.82) is 0 Å². The van der Waals surface area contributed by atoms with E-state index in [0.29, 0.717) is 40.8 Å². The van der Waals surface area contributed by atoms with Gasteiger partial charge in [-0.3, -0.25) is 9.78 Å². The maximum absolute atomic E-state index is 11.8. The number of pyridine rings is 2. The third-order valence-corrected chi connectivity index (χ3v) is 5.95. The second-order valence-electron chi connectivity index (χ2n) is 8.40. The minimum Gasteiger partial charge on any atom is -0.394 e. The van der Waals surface area contributed by atoms with Crippen molar-refractivity contribution in [3.8, 4) is 22.8 Å². The molecule has 0 radical (unpaired) electrons. The van der Waals surface area contributed by atoms with Crippen molar-refractivity contribution in [2.45, 2.75) is 12.6 Å². The van der Waals surface area contributed by atoms with Gasteiger partial charge >= 0.3 is 0 Å². The van der Waals surface area contributed by atoms with E-state index >= 15 is 0 Å². The number of hydrogen-bond donors (Lipinski definition) is 4. The molecule has 188 valence electrons. The number of nitrogens with one attached hydrogen (secondary N) is 3. The second kappa shape index (κ2) is 10.0. The summed E-state index contributed by atoms with van der Waals surface area (Å²) in [6, 6.07) is 16.0. The zero-order valence-corrected chi connectivity index (χ0v) is 19.9. The van der Waals surface area contributed by atoms with Crippen molar-refractivity contribution in [2.24, 2.45) is 0 Å². The Hall–Kier alpha value is -5.23. The quantitative estimate of drug-likeness (QED) is 0.244. The summed E-state index contributed by atoms with van der Waals surface area (Å²) >= 11 is 0. The Balaban J connectivity index is 1.35. The molecule has 0 unspecified atom stereocenters. The Morgan fingerprint density at radius 3 is 2.66 bits per heavy atom. The van der Waals surface area contributed by atoms with Crippen LogP contribution in [0.15, 0.2) is 77.7 Å². The summed E-state index contributed by atoms with van der Waals surface area (Å²) < 4.78 is 5.55.